The van der Waals surface area contributed by atoms with Gasteiger partial charge in [0.1, 0.15) is 0 Å². The van der Waals surface area contributed by atoms with Gasteiger partial charge in [-0.2, -0.15) is 4.52 Å². The van der Waals surface area contributed by atoms with Crippen molar-refractivity contribution in [3.63, 3.8) is 0 Å². The summed E-state index contributed by atoms with van der Waals surface area (Å²) in [5.41, 5.74) is 8.89. The number of halogens is 1. The average Bonchev–Trinajstić information content (AvgIpc) is 3.10. The molecule has 2 heterocycles. The fourth-order valence-electron chi connectivity index (χ4n) is 3.62. The number of nitrogens with zero attached hydrogens (tertiary/aromatic N) is 5. The highest BCUT2D eigenvalue weighted by Crippen LogP contribution is 2.33. The molecule has 0 aliphatic heterocycles. The number of fused-ring (bicyclic) bond motifs is 1. The van der Waals surface area contributed by atoms with Crippen LogP contribution in [0.1, 0.15) is 37.9 Å². The monoisotopic (exact) mass is 410 g/mol. The second kappa shape index (κ2) is 7.04. The molecular formula is C19H19BrN6. The fourth-order valence-corrected chi connectivity index (χ4v) is 4.20. The van der Waals surface area contributed by atoms with E-state index in [1.807, 2.05) is 12.1 Å². The van der Waals surface area contributed by atoms with E-state index in [-0.39, 0.29) is 0 Å². The molecule has 4 rings (SSSR count). The highest BCUT2D eigenvalue weighted by molar-refractivity contribution is 9.10. The minimum Gasteiger partial charge on any atom is -0.368 e. The van der Waals surface area contributed by atoms with Gasteiger partial charge in [-0.15, -0.1) is 5.10 Å². The maximum absolute atomic E-state index is 7.20. The Morgan fingerprint density at radius 2 is 2.04 bits per heavy atom. The Kier molecular flexibility index (Phi) is 4.60. The molecule has 1 saturated carbocycles. The predicted octanol–water partition coefficient (Wildman–Crippen LogP) is 4.81. The van der Waals surface area contributed by atoms with Crippen molar-refractivity contribution in [1.29, 1.82) is 0 Å². The number of hydrogen-bond donors (Lipinski definition) is 1. The summed E-state index contributed by atoms with van der Waals surface area (Å²) >= 11 is 3.62. The topological polar surface area (TPSA) is 73.5 Å². The van der Waals surface area contributed by atoms with E-state index >= 15 is 0 Å². The molecule has 1 fully saturated rings. The van der Waals surface area contributed by atoms with Crippen LogP contribution < -0.4 is 5.73 Å². The van der Waals surface area contributed by atoms with Gasteiger partial charge >= 0.3 is 0 Å². The van der Waals surface area contributed by atoms with Gasteiger partial charge in [0, 0.05) is 6.42 Å². The average molecular weight is 411 g/mol. The molecule has 0 radical (unpaired) electrons. The van der Waals surface area contributed by atoms with Crippen molar-refractivity contribution >= 4 is 33.2 Å². The summed E-state index contributed by atoms with van der Waals surface area (Å²) in [6.07, 6.45) is 7.32. The number of hydrogen-bond acceptors (Lipinski definition) is 4. The summed E-state index contributed by atoms with van der Waals surface area (Å²) in [7, 11) is 0. The van der Waals surface area contributed by atoms with E-state index in [0.29, 0.717) is 28.9 Å². The Morgan fingerprint density at radius 3 is 2.81 bits per heavy atom. The summed E-state index contributed by atoms with van der Waals surface area (Å²) in [5, 5.41) is 4.58. The Hall–Kier alpha value is -2.46. The molecule has 1 aliphatic rings. The van der Waals surface area contributed by atoms with Crippen LogP contribution in [0.2, 0.25) is 0 Å². The molecule has 0 bridgehead atoms. The van der Waals surface area contributed by atoms with Crippen LogP contribution in [0.4, 0.5) is 11.6 Å². The Labute approximate surface area is 160 Å². The second-order valence-corrected chi connectivity index (χ2v) is 7.56. The van der Waals surface area contributed by atoms with Gasteiger partial charge in [0.05, 0.1) is 16.7 Å². The van der Waals surface area contributed by atoms with Gasteiger partial charge in [-0.05, 0) is 33.5 Å². The molecule has 26 heavy (non-hydrogen) atoms. The van der Waals surface area contributed by atoms with E-state index in [4.69, 9.17) is 17.3 Å². The van der Waals surface area contributed by atoms with Crippen molar-refractivity contribution in [2.75, 3.05) is 5.73 Å². The third-order valence-electron chi connectivity index (χ3n) is 4.94. The van der Waals surface area contributed by atoms with Crippen LogP contribution in [-0.2, 0) is 6.42 Å². The highest BCUT2D eigenvalue weighted by atomic mass is 79.9. The summed E-state index contributed by atoms with van der Waals surface area (Å²) in [4.78, 5) is 12.7. The molecule has 3 aromatic rings. The molecule has 7 heteroatoms. The van der Waals surface area contributed by atoms with Crippen molar-refractivity contribution in [3.8, 4) is 11.3 Å². The van der Waals surface area contributed by atoms with Gasteiger partial charge in [-0.25, -0.2) is 14.8 Å². The third-order valence-corrected chi connectivity index (χ3v) is 5.67. The minimum absolute atomic E-state index is 0.300. The van der Waals surface area contributed by atoms with Crippen molar-refractivity contribution in [2.24, 2.45) is 5.92 Å². The Morgan fingerprint density at radius 1 is 1.23 bits per heavy atom. The maximum atomic E-state index is 7.20. The predicted molar refractivity (Wildman–Crippen MR) is 105 cm³/mol. The first kappa shape index (κ1) is 17.0. The largest absolute Gasteiger partial charge is 0.368 e. The molecule has 1 aromatic carbocycles. The van der Waals surface area contributed by atoms with E-state index in [1.165, 1.54) is 32.1 Å². The lowest BCUT2D eigenvalue weighted by atomic mass is 9.87. The molecule has 132 valence electrons. The van der Waals surface area contributed by atoms with E-state index in [2.05, 4.69) is 30.9 Å². The first-order valence-electron chi connectivity index (χ1n) is 8.84. The first-order valence-corrected chi connectivity index (χ1v) is 9.63. The smallest absolute Gasteiger partial charge is 0.223 e. The van der Waals surface area contributed by atoms with Gasteiger partial charge in [-0.1, -0.05) is 50.3 Å². The quantitative estimate of drug-likeness (QED) is 0.628. The zero-order valence-electron chi connectivity index (χ0n) is 14.3. The second-order valence-electron chi connectivity index (χ2n) is 6.77. The molecule has 0 atom stereocenters. The zero-order chi connectivity index (χ0) is 18.1. The van der Waals surface area contributed by atoms with Crippen LogP contribution in [0.3, 0.4) is 0 Å². The molecular weight excluding hydrogens is 392 g/mol. The molecule has 2 aromatic heterocycles. The van der Waals surface area contributed by atoms with Crippen LogP contribution in [0, 0.1) is 12.5 Å². The van der Waals surface area contributed by atoms with Gasteiger partial charge < -0.3 is 5.73 Å². The van der Waals surface area contributed by atoms with E-state index in [9.17, 15) is 0 Å². The normalized spacial score (nSPS) is 15.2. The van der Waals surface area contributed by atoms with Crippen molar-refractivity contribution in [1.82, 2.24) is 19.6 Å². The summed E-state index contributed by atoms with van der Waals surface area (Å²) in [6.45, 7) is 7.20. The van der Waals surface area contributed by atoms with Crippen LogP contribution in [-0.4, -0.2) is 19.6 Å². The number of benzene rings is 1. The van der Waals surface area contributed by atoms with E-state index in [0.717, 1.165) is 22.3 Å². The number of nitrogen functional groups attached to an aromatic ring is 1. The van der Waals surface area contributed by atoms with Gasteiger partial charge in [0.2, 0.25) is 5.95 Å². The fraction of sp³-hybridized carbons (Fsp3) is 0.368. The molecule has 0 saturated heterocycles. The minimum atomic E-state index is 0.300. The van der Waals surface area contributed by atoms with Gasteiger partial charge in [0.15, 0.2) is 17.2 Å². The van der Waals surface area contributed by atoms with Crippen LogP contribution in [0.15, 0.2) is 28.7 Å². The molecule has 0 amide bonds. The summed E-state index contributed by atoms with van der Waals surface area (Å²) < 4.78 is 2.35. The highest BCUT2D eigenvalue weighted by Gasteiger charge is 2.20. The Balaban J connectivity index is 1.74. The van der Waals surface area contributed by atoms with Crippen molar-refractivity contribution in [3.05, 3.63) is 46.0 Å². The lowest BCUT2D eigenvalue weighted by Crippen LogP contribution is -2.10. The summed E-state index contributed by atoms with van der Waals surface area (Å²) in [6, 6.07) is 7.33. The SMILES string of the molecule is [C-]#[N+]c1cccc(-c2nc(N)n3nc(CC4CCCCC4)nc3c2Br)c1. The van der Waals surface area contributed by atoms with Gasteiger partial charge in [-0.3, -0.25) is 0 Å². The number of aromatic nitrogens is 4. The standard InChI is InChI=1S/C19H19BrN6/c1-22-14-9-5-8-13(11-14)17-16(20)18-23-15(25-26(18)19(21)24-17)10-12-6-3-2-4-7-12/h5,8-9,11-12H,2-4,6-7,10H2,(H2,21,24). The number of anilines is 1. The molecule has 0 spiro atoms. The molecule has 1 aliphatic carbocycles. The number of nitrogens with two attached hydrogens (primary N) is 1. The lowest BCUT2D eigenvalue weighted by molar-refractivity contribution is 0.351. The van der Waals surface area contributed by atoms with Gasteiger partial charge in [0.25, 0.3) is 0 Å². The first-order chi connectivity index (χ1) is 12.7. The van der Waals surface area contributed by atoms with Crippen molar-refractivity contribution < 1.29 is 0 Å². The van der Waals surface area contributed by atoms with Crippen LogP contribution in [0.25, 0.3) is 21.7 Å². The molecule has 0 unspecified atom stereocenters. The molecule has 6 nitrogen and oxygen atoms in total. The lowest BCUT2D eigenvalue weighted by Gasteiger charge is -2.19. The van der Waals surface area contributed by atoms with Crippen LogP contribution in [0.5, 0.6) is 0 Å². The van der Waals surface area contributed by atoms with E-state index < -0.39 is 0 Å². The summed E-state index contributed by atoms with van der Waals surface area (Å²) in [5.74, 6) is 1.77. The number of rotatable bonds is 3. The maximum Gasteiger partial charge on any atom is 0.223 e. The third kappa shape index (κ3) is 3.17. The van der Waals surface area contributed by atoms with E-state index in [1.54, 1.807) is 16.6 Å². The zero-order valence-corrected chi connectivity index (χ0v) is 15.9. The Bertz CT molecular complexity index is 997. The molecule has 2 N–H and O–H groups in total. The van der Waals surface area contributed by atoms with Crippen molar-refractivity contribution in [2.45, 2.75) is 38.5 Å². The van der Waals surface area contributed by atoms with Crippen LogP contribution >= 0.6 is 15.9 Å².